The molecular weight excluding hydrogens is 416 g/mol. The third-order valence-electron chi connectivity index (χ3n) is 12.0. The molecule has 0 N–H and O–H groups in total. The number of ether oxygens (including phenoxy) is 1. The number of carbonyl (C=O) groups excluding carboxylic acids is 1. The van der Waals surface area contributed by atoms with Gasteiger partial charge in [0.25, 0.3) is 0 Å². The summed E-state index contributed by atoms with van der Waals surface area (Å²) in [5, 5.41) is 0. The van der Waals surface area contributed by atoms with Crippen LogP contribution >= 0.6 is 0 Å². The first kappa shape index (κ1) is 26.0. The molecule has 34 heavy (non-hydrogen) atoms. The fourth-order valence-corrected chi connectivity index (χ4v) is 9.86. The minimum Gasteiger partial charge on any atom is -0.462 e. The van der Waals surface area contributed by atoms with Crippen LogP contribution in [0.2, 0.25) is 0 Å². The number of esters is 1. The molecule has 4 aliphatic carbocycles. The predicted molar refractivity (Wildman–Crippen MR) is 142 cm³/mol. The largest absolute Gasteiger partial charge is 0.462 e. The van der Waals surface area contributed by atoms with E-state index in [1.165, 1.54) is 56.9 Å². The zero-order valence-electron chi connectivity index (χ0n) is 23.7. The highest BCUT2D eigenvalue weighted by Crippen LogP contribution is 2.75. The van der Waals surface area contributed by atoms with Gasteiger partial charge in [-0.05, 0) is 112 Å². The van der Waals surface area contributed by atoms with Gasteiger partial charge in [-0.3, -0.25) is 4.79 Å². The highest BCUT2D eigenvalue weighted by molar-refractivity contribution is 5.66. The quantitative estimate of drug-likeness (QED) is 0.297. The summed E-state index contributed by atoms with van der Waals surface area (Å²) in [6, 6.07) is 0. The Morgan fingerprint density at radius 3 is 2.38 bits per heavy atom. The molecule has 3 fully saturated rings. The van der Waals surface area contributed by atoms with Crippen molar-refractivity contribution in [1.29, 1.82) is 0 Å². The molecule has 0 amide bonds. The van der Waals surface area contributed by atoms with Gasteiger partial charge >= 0.3 is 5.97 Å². The fraction of sp³-hybridized carbons (Fsp3) is 0.844. The molecule has 8 atom stereocenters. The summed E-state index contributed by atoms with van der Waals surface area (Å²) >= 11 is 0. The third kappa shape index (κ3) is 3.85. The lowest BCUT2D eigenvalue weighted by Gasteiger charge is -2.66. The molecule has 2 heteroatoms. The molecule has 3 saturated carbocycles. The highest BCUT2D eigenvalue weighted by Gasteiger charge is 2.67. The normalized spacial score (nSPS) is 43.6. The summed E-state index contributed by atoms with van der Waals surface area (Å²) in [6.07, 6.45) is 16.6. The average Bonchev–Trinajstić information content (AvgIpc) is 3.01. The molecule has 0 aliphatic heterocycles. The summed E-state index contributed by atoms with van der Waals surface area (Å²) < 4.78 is 5.83. The lowest BCUT2D eigenvalue weighted by atomic mass is 9.39. The van der Waals surface area contributed by atoms with Crippen LogP contribution in [0.25, 0.3) is 0 Å². The van der Waals surface area contributed by atoms with E-state index in [0.29, 0.717) is 22.2 Å². The van der Waals surface area contributed by atoms with Gasteiger partial charge in [0.2, 0.25) is 0 Å². The molecule has 0 spiro atoms. The molecule has 0 radical (unpaired) electrons. The van der Waals surface area contributed by atoms with Crippen molar-refractivity contribution in [2.75, 3.05) is 0 Å². The van der Waals surface area contributed by atoms with Gasteiger partial charge in [0, 0.05) is 12.3 Å². The molecule has 0 unspecified atom stereocenters. The molecule has 0 aromatic heterocycles. The number of carbonyl (C=O) groups is 1. The molecule has 0 saturated heterocycles. The summed E-state index contributed by atoms with van der Waals surface area (Å²) in [6.45, 7) is 21.2. The van der Waals surface area contributed by atoms with E-state index >= 15 is 0 Å². The van der Waals surface area contributed by atoms with Crippen molar-refractivity contribution < 1.29 is 9.53 Å². The van der Waals surface area contributed by atoms with E-state index < -0.39 is 0 Å². The van der Waals surface area contributed by atoms with E-state index in [1.54, 1.807) is 12.5 Å². The SMILES string of the molecule is CC(=O)O[C@H]1CC[C@@H]2C(=CC[C@H]3[C@@]2(C)CC[C@@]2(C)[C@H]([C@H](C)CCC=C(C)C)CC[C@]32C)C1(C)C. The number of rotatable bonds is 5. The monoisotopic (exact) mass is 468 g/mol. The summed E-state index contributed by atoms with van der Waals surface area (Å²) in [5.41, 5.74) is 4.25. The van der Waals surface area contributed by atoms with Crippen molar-refractivity contribution in [3.05, 3.63) is 23.3 Å². The summed E-state index contributed by atoms with van der Waals surface area (Å²) in [7, 11) is 0. The van der Waals surface area contributed by atoms with E-state index in [0.717, 1.165) is 24.2 Å². The Morgan fingerprint density at radius 1 is 1.03 bits per heavy atom. The van der Waals surface area contributed by atoms with Gasteiger partial charge in [-0.1, -0.05) is 64.8 Å². The van der Waals surface area contributed by atoms with Crippen LogP contribution in [0.4, 0.5) is 0 Å². The highest BCUT2D eigenvalue weighted by atomic mass is 16.5. The van der Waals surface area contributed by atoms with Crippen LogP contribution in [0.3, 0.4) is 0 Å². The zero-order valence-corrected chi connectivity index (χ0v) is 23.7. The van der Waals surface area contributed by atoms with Crippen molar-refractivity contribution in [2.24, 2.45) is 45.3 Å². The number of fused-ring (bicyclic) bond motifs is 5. The Labute approximate surface area is 210 Å². The van der Waals surface area contributed by atoms with Gasteiger partial charge in [0.05, 0.1) is 0 Å². The van der Waals surface area contributed by atoms with Crippen LogP contribution in [0, 0.1) is 45.3 Å². The number of allylic oxidation sites excluding steroid dienone is 3. The molecule has 192 valence electrons. The minimum atomic E-state index is -0.131. The van der Waals surface area contributed by atoms with E-state index in [4.69, 9.17) is 4.74 Å². The maximum atomic E-state index is 11.8. The smallest absolute Gasteiger partial charge is 0.302 e. The Hall–Kier alpha value is -1.05. The first-order chi connectivity index (χ1) is 15.8. The second-order valence-corrected chi connectivity index (χ2v) is 14.2. The standard InChI is InChI=1S/C32H52O2/c1-21(2)11-10-12-22(3)24-17-18-32(9)27-15-13-25-26(30(27,7)19-20-31(24,32)8)14-16-28(29(25,5)6)34-23(4)33/h11,13,22,24,26-28H,10,12,14-20H2,1-9H3/t22-,24+,26-,27+,28+,30+,31+,32-/m1/s1. The Balaban J connectivity index is 1.61. The Morgan fingerprint density at radius 2 is 1.74 bits per heavy atom. The van der Waals surface area contributed by atoms with Gasteiger partial charge in [0.1, 0.15) is 6.10 Å². The van der Waals surface area contributed by atoms with Crippen LogP contribution in [0.1, 0.15) is 120 Å². The van der Waals surface area contributed by atoms with Gasteiger partial charge < -0.3 is 4.74 Å². The third-order valence-corrected chi connectivity index (χ3v) is 12.0. The molecule has 0 bridgehead atoms. The topological polar surface area (TPSA) is 26.3 Å². The van der Waals surface area contributed by atoms with Gasteiger partial charge in [-0.15, -0.1) is 0 Å². The van der Waals surface area contributed by atoms with Gasteiger partial charge in [-0.25, -0.2) is 0 Å². The molecular formula is C32H52O2. The lowest BCUT2D eigenvalue weighted by Crippen LogP contribution is -2.59. The van der Waals surface area contributed by atoms with Crippen LogP contribution < -0.4 is 0 Å². The lowest BCUT2D eigenvalue weighted by molar-refractivity contribution is -0.162. The fourth-order valence-electron chi connectivity index (χ4n) is 9.86. The number of hydrogen-bond acceptors (Lipinski definition) is 2. The van der Waals surface area contributed by atoms with Crippen LogP contribution in [0.5, 0.6) is 0 Å². The van der Waals surface area contributed by atoms with Crippen LogP contribution in [0.15, 0.2) is 23.3 Å². The maximum absolute atomic E-state index is 11.8. The van der Waals surface area contributed by atoms with Crippen molar-refractivity contribution >= 4 is 5.97 Å². The first-order valence-electron chi connectivity index (χ1n) is 14.3. The van der Waals surface area contributed by atoms with E-state index in [-0.39, 0.29) is 17.5 Å². The second kappa shape index (κ2) is 8.81. The zero-order chi connectivity index (χ0) is 25.1. The van der Waals surface area contributed by atoms with Crippen molar-refractivity contribution in [3.63, 3.8) is 0 Å². The predicted octanol–water partition coefficient (Wildman–Crippen LogP) is 8.91. The summed E-state index contributed by atoms with van der Waals surface area (Å²) in [4.78, 5) is 11.8. The van der Waals surface area contributed by atoms with E-state index in [9.17, 15) is 4.79 Å². The second-order valence-electron chi connectivity index (χ2n) is 14.2. The van der Waals surface area contributed by atoms with Crippen LogP contribution in [-0.2, 0) is 9.53 Å². The average molecular weight is 469 g/mol. The molecule has 2 nitrogen and oxygen atoms in total. The molecule has 4 rings (SSSR count). The first-order valence-corrected chi connectivity index (χ1v) is 14.3. The molecule has 0 heterocycles. The Bertz CT molecular complexity index is 860. The van der Waals surface area contributed by atoms with Crippen molar-refractivity contribution in [1.82, 2.24) is 0 Å². The van der Waals surface area contributed by atoms with E-state index in [1.807, 2.05) is 0 Å². The van der Waals surface area contributed by atoms with Crippen molar-refractivity contribution in [3.8, 4) is 0 Å². The van der Waals surface area contributed by atoms with Gasteiger partial charge in [0.15, 0.2) is 0 Å². The molecule has 0 aromatic carbocycles. The Kier molecular flexibility index (Phi) is 6.74. The van der Waals surface area contributed by atoms with Crippen LogP contribution in [-0.4, -0.2) is 12.1 Å². The summed E-state index contributed by atoms with van der Waals surface area (Å²) in [5.74, 6) is 2.94. The maximum Gasteiger partial charge on any atom is 0.302 e. The van der Waals surface area contributed by atoms with Crippen molar-refractivity contribution in [2.45, 2.75) is 126 Å². The van der Waals surface area contributed by atoms with E-state index in [2.05, 4.69) is 67.5 Å². The minimum absolute atomic E-state index is 0.0228. The number of hydrogen-bond donors (Lipinski definition) is 0. The van der Waals surface area contributed by atoms with Gasteiger partial charge in [-0.2, -0.15) is 0 Å². The molecule has 4 aliphatic rings. The molecule has 0 aromatic rings.